The molecule has 0 saturated heterocycles. The van der Waals surface area contributed by atoms with Crippen LogP contribution in [0.15, 0.2) is 41.1 Å². The minimum absolute atomic E-state index is 0.211. The first-order valence-electron chi connectivity index (χ1n) is 8.97. The van der Waals surface area contributed by atoms with E-state index in [1.165, 1.54) is 9.69 Å². The lowest BCUT2D eigenvalue weighted by Crippen LogP contribution is -2.37. The molecule has 8 nitrogen and oxygen atoms in total. The van der Waals surface area contributed by atoms with E-state index in [4.69, 9.17) is 11.6 Å². The standard InChI is InChI=1S/C20H20BrClN6O2/c1-11-8-12(2)17(13(9-11)20(30)27(4)23-3)25-19(29)15-10-16(21)26-28(15)18-14(22)6-5-7-24-18/h5-10,23H,1-4H3,(H,25,29). The molecule has 0 spiro atoms. The minimum atomic E-state index is -0.456. The van der Waals surface area contributed by atoms with E-state index in [1.807, 2.05) is 19.9 Å². The summed E-state index contributed by atoms with van der Waals surface area (Å²) in [5.41, 5.74) is 5.46. The van der Waals surface area contributed by atoms with Crippen LogP contribution < -0.4 is 10.7 Å². The Hall–Kier alpha value is -2.75. The van der Waals surface area contributed by atoms with Crippen LogP contribution in [0.4, 0.5) is 5.69 Å². The van der Waals surface area contributed by atoms with Crippen molar-refractivity contribution in [3.63, 3.8) is 0 Å². The number of rotatable bonds is 5. The number of halogens is 2. The average molecular weight is 492 g/mol. The molecule has 0 atom stereocenters. The highest BCUT2D eigenvalue weighted by atomic mass is 79.9. The number of amides is 2. The third kappa shape index (κ3) is 4.38. The number of nitrogens with zero attached hydrogens (tertiary/aromatic N) is 4. The number of hydrogen-bond acceptors (Lipinski definition) is 5. The van der Waals surface area contributed by atoms with Crippen LogP contribution in [-0.4, -0.2) is 45.7 Å². The molecule has 2 aromatic heterocycles. The van der Waals surface area contributed by atoms with Gasteiger partial charge in [-0.2, -0.15) is 5.10 Å². The number of aryl methyl sites for hydroxylation is 2. The molecule has 30 heavy (non-hydrogen) atoms. The summed E-state index contributed by atoms with van der Waals surface area (Å²) in [5, 5.41) is 8.83. The first kappa shape index (κ1) is 21.9. The molecule has 1 aromatic carbocycles. The number of carbonyl (C=O) groups is 2. The van der Waals surface area contributed by atoms with Crippen LogP contribution in [0.1, 0.15) is 32.0 Å². The van der Waals surface area contributed by atoms with Gasteiger partial charge in [-0.25, -0.2) is 15.1 Å². The number of nitrogens with one attached hydrogen (secondary N) is 2. The smallest absolute Gasteiger partial charge is 0.274 e. The zero-order valence-electron chi connectivity index (χ0n) is 16.8. The van der Waals surface area contributed by atoms with Crippen LogP contribution in [0.5, 0.6) is 0 Å². The molecule has 0 fully saturated rings. The second kappa shape index (κ2) is 8.95. The van der Waals surface area contributed by atoms with E-state index >= 15 is 0 Å². The highest BCUT2D eigenvalue weighted by molar-refractivity contribution is 9.10. The predicted molar refractivity (Wildman–Crippen MR) is 119 cm³/mol. The van der Waals surface area contributed by atoms with E-state index in [-0.39, 0.29) is 11.6 Å². The fraction of sp³-hybridized carbons (Fsp3) is 0.200. The summed E-state index contributed by atoms with van der Waals surface area (Å²) < 4.78 is 1.80. The van der Waals surface area contributed by atoms with Gasteiger partial charge in [0.05, 0.1) is 16.3 Å². The molecule has 3 aromatic rings. The molecule has 0 aliphatic heterocycles. The van der Waals surface area contributed by atoms with Crippen LogP contribution in [0, 0.1) is 13.8 Å². The number of benzene rings is 1. The lowest BCUT2D eigenvalue weighted by molar-refractivity contribution is 0.0736. The third-order valence-corrected chi connectivity index (χ3v) is 5.12. The predicted octanol–water partition coefficient (Wildman–Crippen LogP) is 3.76. The molecule has 0 unspecified atom stereocenters. The highest BCUT2D eigenvalue weighted by Gasteiger charge is 2.23. The number of carbonyl (C=O) groups excluding carboxylic acids is 2. The molecular weight excluding hydrogens is 472 g/mol. The SMILES string of the molecule is CNN(C)C(=O)c1cc(C)cc(C)c1NC(=O)c1cc(Br)nn1-c1ncccc1Cl. The third-order valence-electron chi connectivity index (χ3n) is 4.44. The van der Waals surface area contributed by atoms with Crippen LogP contribution in [0.2, 0.25) is 5.02 Å². The first-order valence-corrected chi connectivity index (χ1v) is 10.1. The molecule has 0 saturated carbocycles. The van der Waals surface area contributed by atoms with Crippen molar-refractivity contribution in [2.45, 2.75) is 13.8 Å². The fourth-order valence-electron chi connectivity index (χ4n) is 2.97. The van der Waals surface area contributed by atoms with Crippen molar-refractivity contribution in [3.05, 3.63) is 68.5 Å². The molecule has 0 aliphatic carbocycles. The molecule has 2 heterocycles. The van der Waals surface area contributed by atoms with Crippen molar-refractivity contribution >= 4 is 45.0 Å². The Bertz CT molecular complexity index is 1130. The van der Waals surface area contributed by atoms with Crippen LogP contribution >= 0.6 is 27.5 Å². The zero-order chi connectivity index (χ0) is 22.0. The van der Waals surface area contributed by atoms with Gasteiger partial charge in [0, 0.05) is 26.4 Å². The largest absolute Gasteiger partial charge is 0.320 e. The summed E-state index contributed by atoms with van der Waals surface area (Å²) in [4.78, 5) is 30.2. The number of hydrogen-bond donors (Lipinski definition) is 2. The Morgan fingerprint density at radius 3 is 2.63 bits per heavy atom. The molecule has 156 valence electrons. The Labute approximate surface area is 187 Å². The summed E-state index contributed by atoms with van der Waals surface area (Å²) in [6.07, 6.45) is 1.56. The summed E-state index contributed by atoms with van der Waals surface area (Å²) in [7, 11) is 3.26. The van der Waals surface area contributed by atoms with Crippen LogP contribution in [0.3, 0.4) is 0 Å². The second-order valence-corrected chi connectivity index (χ2v) is 7.84. The molecular formula is C20H20BrClN6O2. The fourth-order valence-corrected chi connectivity index (χ4v) is 3.55. The molecule has 10 heteroatoms. The van der Waals surface area contributed by atoms with Crippen LogP contribution in [-0.2, 0) is 0 Å². The minimum Gasteiger partial charge on any atom is -0.320 e. The number of anilines is 1. The molecule has 0 radical (unpaired) electrons. The van der Waals surface area contributed by atoms with Gasteiger partial charge in [0.15, 0.2) is 5.82 Å². The van der Waals surface area contributed by atoms with Crippen molar-refractivity contribution < 1.29 is 9.59 Å². The summed E-state index contributed by atoms with van der Waals surface area (Å²) >= 11 is 9.53. The quantitative estimate of drug-likeness (QED) is 0.530. The van der Waals surface area contributed by atoms with Gasteiger partial charge in [-0.1, -0.05) is 17.7 Å². The monoisotopic (exact) mass is 490 g/mol. The molecule has 0 bridgehead atoms. The Morgan fingerprint density at radius 1 is 1.23 bits per heavy atom. The Balaban J connectivity index is 2.04. The summed E-state index contributed by atoms with van der Waals surface area (Å²) in [5.74, 6) is -0.410. The normalized spacial score (nSPS) is 10.7. The topological polar surface area (TPSA) is 92.2 Å². The van der Waals surface area contributed by atoms with E-state index in [2.05, 4.69) is 36.8 Å². The highest BCUT2D eigenvalue weighted by Crippen LogP contribution is 2.26. The number of hydrazine groups is 1. The number of aromatic nitrogens is 3. The lowest BCUT2D eigenvalue weighted by Gasteiger charge is -2.20. The van der Waals surface area contributed by atoms with E-state index < -0.39 is 5.91 Å². The lowest BCUT2D eigenvalue weighted by atomic mass is 10.0. The maximum absolute atomic E-state index is 13.2. The van der Waals surface area contributed by atoms with Crippen molar-refractivity contribution in [2.24, 2.45) is 0 Å². The van der Waals surface area contributed by atoms with Crippen LogP contribution in [0.25, 0.3) is 5.82 Å². The molecule has 0 aliphatic rings. The maximum Gasteiger partial charge on any atom is 0.274 e. The van der Waals surface area contributed by atoms with E-state index in [1.54, 1.807) is 44.6 Å². The van der Waals surface area contributed by atoms with Gasteiger partial charge >= 0.3 is 0 Å². The molecule has 2 N–H and O–H groups in total. The summed E-state index contributed by atoms with van der Waals surface area (Å²) in [6.45, 7) is 3.73. The van der Waals surface area contributed by atoms with Gasteiger partial charge in [-0.3, -0.25) is 14.6 Å². The maximum atomic E-state index is 13.2. The van der Waals surface area contributed by atoms with E-state index in [9.17, 15) is 9.59 Å². The first-order chi connectivity index (χ1) is 14.2. The molecule has 2 amide bonds. The van der Waals surface area contributed by atoms with Gasteiger partial charge in [0.25, 0.3) is 11.8 Å². The van der Waals surface area contributed by atoms with Gasteiger partial charge in [-0.05, 0) is 59.1 Å². The Morgan fingerprint density at radius 2 is 1.97 bits per heavy atom. The Kier molecular flexibility index (Phi) is 6.55. The van der Waals surface area contributed by atoms with Crippen molar-refractivity contribution in [1.29, 1.82) is 0 Å². The average Bonchev–Trinajstić information content (AvgIpc) is 3.10. The van der Waals surface area contributed by atoms with Crippen molar-refractivity contribution in [2.75, 3.05) is 19.4 Å². The second-order valence-electron chi connectivity index (χ2n) is 6.62. The zero-order valence-corrected chi connectivity index (χ0v) is 19.2. The van der Waals surface area contributed by atoms with Crippen molar-refractivity contribution in [3.8, 4) is 5.82 Å². The van der Waals surface area contributed by atoms with Gasteiger partial charge in [-0.15, -0.1) is 0 Å². The van der Waals surface area contributed by atoms with E-state index in [0.29, 0.717) is 26.7 Å². The van der Waals surface area contributed by atoms with Gasteiger partial charge in [0.2, 0.25) is 0 Å². The van der Waals surface area contributed by atoms with Crippen molar-refractivity contribution in [1.82, 2.24) is 25.2 Å². The molecule has 3 rings (SSSR count). The summed E-state index contributed by atoms with van der Waals surface area (Å²) in [6, 6.07) is 8.55. The van der Waals surface area contributed by atoms with Gasteiger partial charge < -0.3 is 5.32 Å². The van der Waals surface area contributed by atoms with Gasteiger partial charge in [0.1, 0.15) is 10.3 Å². The number of pyridine rings is 1. The van der Waals surface area contributed by atoms with E-state index in [0.717, 1.165) is 11.1 Å².